The molecule has 3 aromatic rings. The highest BCUT2D eigenvalue weighted by Gasteiger charge is 2.24. The molecule has 0 aliphatic rings. The van der Waals surface area contributed by atoms with Crippen molar-refractivity contribution in [2.45, 2.75) is 40.0 Å². The normalized spacial score (nSPS) is 12.5. The van der Waals surface area contributed by atoms with Gasteiger partial charge in [-0.25, -0.2) is 9.78 Å². The summed E-state index contributed by atoms with van der Waals surface area (Å²) in [6.07, 6.45) is 0.797. The fourth-order valence-electron chi connectivity index (χ4n) is 3.09. The molecular formula is C20H24N4O4. The number of benzene rings is 1. The molecule has 3 rings (SSSR count). The second-order valence-electron chi connectivity index (χ2n) is 7.08. The highest BCUT2D eigenvalue weighted by atomic mass is 16.6. The number of fused-ring (bicyclic) bond motifs is 1. The van der Waals surface area contributed by atoms with E-state index in [4.69, 9.17) is 4.74 Å². The molecule has 0 N–H and O–H groups in total. The summed E-state index contributed by atoms with van der Waals surface area (Å²) in [5, 5.41) is 0. The van der Waals surface area contributed by atoms with Crippen molar-refractivity contribution in [2.24, 2.45) is 13.0 Å². The molecule has 1 unspecified atom stereocenters. The standard InChI is InChI=1S/C20H24N4O4/c1-5-15(25)28-19(14-9-7-6-8-10-14)24-12-21-17-16(24)18(26)22(4)20(27)23(17)11-13(2)3/h6-10,12-13,19H,5,11H2,1-4H3. The highest BCUT2D eigenvalue weighted by molar-refractivity contribution is 5.72. The van der Waals surface area contributed by atoms with Crippen LogP contribution in [-0.2, 0) is 23.1 Å². The summed E-state index contributed by atoms with van der Waals surface area (Å²) in [5.41, 5.74) is 0.312. The van der Waals surface area contributed by atoms with E-state index >= 15 is 0 Å². The summed E-state index contributed by atoms with van der Waals surface area (Å²) in [5.74, 6) is -0.213. The van der Waals surface area contributed by atoms with Gasteiger partial charge in [0, 0.05) is 25.6 Å². The van der Waals surface area contributed by atoms with Gasteiger partial charge >= 0.3 is 11.7 Å². The lowest BCUT2D eigenvalue weighted by molar-refractivity contribution is -0.150. The molecule has 0 amide bonds. The van der Waals surface area contributed by atoms with Gasteiger partial charge in [0.2, 0.25) is 6.23 Å². The van der Waals surface area contributed by atoms with E-state index in [2.05, 4.69) is 4.98 Å². The first kappa shape index (κ1) is 19.6. The number of nitrogens with zero attached hydrogens (tertiary/aromatic N) is 4. The van der Waals surface area contributed by atoms with E-state index in [0.29, 0.717) is 12.1 Å². The summed E-state index contributed by atoms with van der Waals surface area (Å²) < 4.78 is 9.71. The Morgan fingerprint density at radius 2 is 1.86 bits per heavy atom. The van der Waals surface area contributed by atoms with Crippen LogP contribution in [0.4, 0.5) is 0 Å². The molecule has 0 bridgehead atoms. The lowest BCUT2D eigenvalue weighted by Crippen LogP contribution is -2.39. The molecule has 0 saturated carbocycles. The molecule has 1 atom stereocenters. The Morgan fingerprint density at radius 3 is 2.46 bits per heavy atom. The topological polar surface area (TPSA) is 88.1 Å². The molecule has 0 radical (unpaired) electrons. The van der Waals surface area contributed by atoms with Crippen LogP contribution >= 0.6 is 0 Å². The molecule has 8 heteroatoms. The van der Waals surface area contributed by atoms with E-state index in [-0.39, 0.29) is 23.5 Å². The van der Waals surface area contributed by atoms with Crippen molar-refractivity contribution in [3.63, 3.8) is 0 Å². The lowest BCUT2D eigenvalue weighted by atomic mass is 10.2. The van der Waals surface area contributed by atoms with E-state index in [9.17, 15) is 14.4 Å². The summed E-state index contributed by atoms with van der Waals surface area (Å²) in [7, 11) is 1.44. The maximum Gasteiger partial charge on any atom is 0.332 e. The van der Waals surface area contributed by atoms with Crippen LogP contribution in [0.15, 0.2) is 46.2 Å². The van der Waals surface area contributed by atoms with Gasteiger partial charge in [-0.15, -0.1) is 0 Å². The quantitative estimate of drug-likeness (QED) is 0.607. The molecule has 0 spiro atoms. The number of carbonyl (C=O) groups is 1. The number of esters is 1. The third-order valence-corrected chi connectivity index (χ3v) is 4.47. The average Bonchev–Trinajstić information content (AvgIpc) is 3.12. The molecule has 148 valence electrons. The van der Waals surface area contributed by atoms with E-state index in [1.165, 1.54) is 22.5 Å². The number of carbonyl (C=O) groups excluding carboxylic acids is 1. The zero-order valence-corrected chi connectivity index (χ0v) is 16.5. The fraction of sp³-hybridized carbons (Fsp3) is 0.400. The van der Waals surface area contributed by atoms with Crippen molar-refractivity contribution >= 4 is 17.1 Å². The molecule has 2 heterocycles. The Labute approximate surface area is 162 Å². The SMILES string of the molecule is CCC(=O)OC(c1ccccc1)n1cnc2c1c(=O)n(C)c(=O)n2CC(C)C. The maximum absolute atomic E-state index is 12.9. The lowest BCUT2D eigenvalue weighted by Gasteiger charge is -2.20. The molecule has 2 aromatic heterocycles. The van der Waals surface area contributed by atoms with Gasteiger partial charge in [-0.1, -0.05) is 51.1 Å². The van der Waals surface area contributed by atoms with Crippen LogP contribution in [0.25, 0.3) is 11.2 Å². The first-order chi connectivity index (χ1) is 13.3. The molecule has 28 heavy (non-hydrogen) atoms. The number of imidazole rings is 1. The predicted molar refractivity (Wildman–Crippen MR) is 105 cm³/mol. The van der Waals surface area contributed by atoms with Crippen molar-refractivity contribution in [1.82, 2.24) is 18.7 Å². The Kier molecular flexibility index (Phi) is 5.48. The van der Waals surface area contributed by atoms with Crippen LogP contribution in [0, 0.1) is 5.92 Å². The third kappa shape index (κ3) is 3.49. The van der Waals surface area contributed by atoms with E-state index in [1.54, 1.807) is 6.92 Å². The summed E-state index contributed by atoms with van der Waals surface area (Å²) in [6, 6.07) is 9.14. The van der Waals surface area contributed by atoms with Crippen LogP contribution in [0.1, 0.15) is 39.0 Å². The summed E-state index contributed by atoms with van der Waals surface area (Å²) in [4.78, 5) is 41.9. The Morgan fingerprint density at radius 1 is 1.18 bits per heavy atom. The Balaban J connectivity index is 2.29. The Hall–Kier alpha value is -3.16. The molecule has 0 aliphatic heterocycles. The molecular weight excluding hydrogens is 360 g/mol. The predicted octanol–water partition coefficient (Wildman–Crippen LogP) is 2.05. The van der Waals surface area contributed by atoms with Gasteiger partial charge in [-0.05, 0) is 5.92 Å². The molecule has 8 nitrogen and oxygen atoms in total. The maximum atomic E-state index is 12.9. The van der Waals surface area contributed by atoms with Crippen LogP contribution < -0.4 is 11.2 Å². The minimum absolute atomic E-state index is 0.186. The van der Waals surface area contributed by atoms with Gasteiger partial charge in [0.25, 0.3) is 5.56 Å². The fourth-order valence-corrected chi connectivity index (χ4v) is 3.09. The van der Waals surface area contributed by atoms with Crippen LogP contribution in [0.2, 0.25) is 0 Å². The van der Waals surface area contributed by atoms with Gasteiger partial charge in [0.15, 0.2) is 11.2 Å². The largest absolute Gasteiger partial charge is 0.437 e. The van der Waals surface area contributed by atoms with Gasteiger partial charge in [0.05, 0.1) is 0 Å². The molecule has 0 aliphatic carbocycles. The zero-order valence-electron chi connectivity index (χ0n) is 16.5. The van der Waals surface area contributed by atoms with Crippen molar-refractivity contribution in [2.75, 3.05) is 0 Å². The third-order valence-electron chi connectivity index (χ3n) is 4.47. The molecule has 0 saturated heterocycles. The van der Waals surface area contributed by atoms with E-state index in [0.717, 1.165) is 4.57 Å². The second-order valence-corrected chi connectivity index (χ2v) is 7.08. The van der Waals surface area contributed by atoms with Crippen molar-refractivity contribution < 1.29 is 9.53 Å². The van der Waals surface area contributed by atoms with Crippen LogP contribution in [-0.4, -0.2) is 24.7 Å². The number of hydrogen-bond acceptors (Lipinski definition) is 5. The van der Waals surface area contributed by atoms with E-state index in [1.807, 2.05) is 44.2 Å². The highest BCUT2D eigenvalue weighted by Crippen LogP contribution is 2.23. The molecule has 1 aromatic carbocycles. The number of ether oxygens (including phenoxy) is 1. The molecule has 0 fully saturated rings. The number of rotatable bonds is 6. The average molecular weight is 384 g/mol. The smallest absolute Gasteiger partial charge is 0.332 e. The number of aromatic nitrogens is 4. The Bertz CT molecular complexity index is 1110. The number of hydrogen-bond donors (Lipinski definition) is 0. The van der Waals surface area contributed by atoms with Crippen LogP contribution in [0.5, 0.6) is 0 Å². The van der Waals surface area contributed by atoms with Crippen molar-refractivity contribution in [1.29, 1.82) is 0 Å². The second kappa shape index (κ2) is 7.84. The monoisotopic (exact) mass is 384 g/mol. The van der Waals surface area contributed by atoms with E-state index < -0.39 is 23.4 Å². The first-order valence-corrected chi connectivity index (χ1v) is 9.25. The van der Waals surface area contributed by atoms with Gasteiger partial charge < -0.3 is 4.74 Å². The van der Waals surface area contributed by atoms with Gasteiger partial charge in [0.1, 0.15) is 6.33 Å². The van der Waals surface area contributed by atoms with Crippen molar-refractivity contribution in [3.05, 3.63) is 63.1 Å². The summed E-state index contributed by atoms with van der Waals surface area (Å²) >= 11 is 0. The van der Waals surface area contributed by atoms with Gasteiger partial charge in [-0.3, -0.25) is 23.3 Å². The van der Waals surface area contributed by atoms with Crippen molar-refractivity contribution in [3.8, 4) is 0 Å². The zero-order chi connectivity index (χ0) is 20.4. The minimum atomic E-state index is -0.851. The van der Waals surface area contributed by atoms with Gasteiger partial charge in [-0.2, -0.15) is 0 Å². The van der Waals surface area contributed by atoms with Crippen LogP contribution in [0.3, 0.4) is 0 Å². The summed E-state index contributed by atoms with van der Waals surface area (Å²) in [6.45, 7) is 6.09. The first-order valence-electron chi connectivity index (χ1n) is 9.25. The minimum Gasteiger partial charge on any atom is -0.437 e.